The highest BCUT2D eigenvalue weighted by molar-refractivity contribution is 7.91. The Bertz CT molecular complexity index is 741. The largest absolute Gasteiger partial charge is 0.459 e. The molecule has 0 spiro atoms. The monoisotopic (exact) mass is 314 g/mol. The molecule has 2 aromatic rings. The topological polar surface area (TPSA) is 85.3 Å². The summed E-state index contributed by atoms with van der Waals surface area (Å²) in [5.74, 6) is 6.52. The Kier molecular flexibility index (Phi) is 3.50. The minimum Gasteiger partial charge on any atom is -0.459 e. The molecule has 0 bridgehead atoms. The van der Waals surface area contributed by atoms with Crippen LogP contribution in [0.5, 0.6) is 0 Å². The van der Waals surface area contributed by atoms with E-state index in [9.17, 15) is 8.42 Å². The number of hydrogen-bond donors (Lipinski definition) is 2. The second-order valence-electron chi connectivity index (χ2n) is 5.14. The number of rotatable bonds is 3. The summed E-state index contributed by atoms with van der Waals surface area (Å²) < 4.78 is 28.9. The first-order chi connectivity index (χ1) is 9.48. The Morgan fingerprint density at radius 1 is 1.40 bits per heavy atom. The zero-order valence-electron chi connectivity index (χ0n) is 10.7. The molecule has 0 amide bonds. The van der Waals surface area contributed by atoms with Crippen LogP contribution in [-0.4, -0.2) is 19.9 Å². The molecule has 3 rings (SSSR count). The number of halogens is 1. The summed E-state index contributed by atoms with van der Waals surface area (Å²) in [7, 11) is -2.95. The first-order valence-electron chi connectivity index (χ1n) is 6.34. The third kappa shape index (κ3) is 2.56. The Balaban J connectivity index is 1.95. The highest BCUT2D eigenvalue weighted by Gasteiger charge is 2.35. The van der Waals surface area contributed by atoms with Gasteiger partial charge in [0, 0.05) is 10.4 Å². The average Bonchev–Trinajstić information content (AvgIpc) is 2.93. The zero-order chi connectivity index (χ0) is 14.3. The van der Waals surface area contributed by atoms with E-state index in [1.165, 1.54) is 0 Å². The molecule has 1 aromatic heterocycles. The highest BCUT2D eigenvalue weighted by Crippen LogP contribution is 2.34. The average molecular weight is 315 g/mol. The Morgan fingerprint density at radius 3 is 2.85 bits per heavy atom. The summed E-state index contributed by atoms with van der Waals surface area (Å²) in [6.07, 6.45) is 0.592. The standard InChI is InChI=1S/C13H15ClN2O3S/c14-10-1-2-11-9(5-10)6-12(19-11)13(16-15)8-3-4-20(17,18)7-8/h1-2,5-6,8,13,16H,3-4,7,15H2. The summed E-state index contributed by atoms with van der Waals surface area (Å²) in [6.45, 7) is 0. The lowest BCUT2D eigenvalue weighted by atomic mass is 9.97. The van der Waals surface area contributed by atoms with Gasteiger partial charge in [-0.2, -0.15) is 0 Å². The van der Waals surface area contributed by atoms with Crippen molar-refractivity contribution in [2.24, 2.45) is 11.8 Å². The van der Waals surface area contributed by atoms with E-state index < -0.39 is 9.84 Å². The first kappa shape index (κ1) is 13.9. The smallest absolute Gasteiger partial charge is 0.150 e. The van der Waals surface area contributed by atoms with Crippen molar-refractivity contribution in [3.8, 4) is 0 Å². The van der Waals surface area contributed by atoms with Crippen LogP contribution in [-0.2, 0) is 9.84 Å². The van der Waals surface area contributed by atoms with E-state index in [0.717, 1.165) is 5.39 Å². The normalized spacial score (nSPS) is 23.2. The van der Waals surface area contributed by atoms with E-state index in [2.05, 4.69) is 5.43 Å². The van der Waals surface area contributed by atoms with Crippen molar-refractivity contribution in [3.05, 3.63) is 35.0 Å². The van der Waals surface area contributed by atoms with Gasteiger partial charge in [-0.1, -0.05) is 11.6 Å². The van der Waals surface area contributed by atoms with Crippen molar-refractivity contribution >= 4 is 32.4 Å². The molecule has 1 fully saturated rings. The number of benzene rings is 1. The van der Waals surface area contributed by atoms with Crippen LogP contribution >= 0.6 is 11.6 Å². The molecule has 0 aliphatic carbocycles. The molecule has 0 radical (unpaired) electrons. The molecule has 2 atom stereocenters. The van der Waals surface area contributed by atoms with Gasteiger partial charge < -0.3 is 4.42 Å². The van der Waals surface area contributed by atoms with E-state index in [4.69, 9.17) is 21.9 Å². The van der Waals surface area contributed by atoms with Crippen molar-refractivity contribution in [3.63, 3.8) is 0 Å². The third-order valence-electron chi connectivity index (χ3n) is 3.72. The fraction of sp³-hybridized carbons (Fsp3) is 0.385. The molecular formula is C13H15ClN2O3S. The summed E-state index contributed by atoms with van der Waals surface area (Å²) in [6, 6.07) is 6.90. The Morgan fingerprint density at radius 2 is 2.20 bits per heavy atom. The van der Waals surface area contributed by atoms with Gasteiger partial charge in [-0.05, 0) is 36.6 Å². The third-order valence-corrected chi connectivity index (χ3v) is 5.75. The minimum absolute atomic E-state index is 0.0685. The lowest BCUT2D eigenvalue weighted by Gasteiger charge is -2.18. The Labute approximate surface area is 122 Å². The van der Waals surface area contributed by atoms with Crippen LogP contribution in [0.4, 0.5) is 0 Å². The minimum atomic E-state index is -2.95. The molecule has 0 saturated carbocycles. The highest BCUT2D eigenvalue weighted by atomic mass is 35.5. The van der Waals surface area contributed by atoms with E-state index in [0.29, 0.717) is 22.8 Å². The number of hydrogen-bond acceptors (Lipinski definition) is 5. The lowest BCUT2D eigenvalue weighted by molar-refractivity contribution is 0.342. The van der Waals surface area contributed by atoms with E-state index in [-0.39, 0.29) is 23.5 Å². The number of hydrazine groups is 1. The van der Waals surface area contributed by atoms with Crippen LogP contribution < -0.4 is 11.3 Å². The summed E-state index contributed by atoms with van der Waals surface area (Å²) in [5, 5.41) is 1.51. The summed E-state index contributed by atoms with van der Waals surface area (Å²) >= 11 is 5.94. The van der Waals surface area contributed by atoms with Gasteiger partial charge in [0.2, 0.25) is 0 Å². The van der Waals surface area contributed by atoms with Gasteiger partial charge in [0.15, 0.2) is 9.84 Å². The number of nitrogens with one attached hydrogen (secondary N) is 1. The van der Waals surface area contributed by atoms with E-state index >= 15 is 0 Å². The maximum atomic E-state index is 11.6. The number of furan rings is 1. The maximum absolute atomic E-state index is 11.6. The molecule has 2 heterocycles. The molecule has 7 heteroatoms. The van der Waals surface area contributed by atoms with Crippen LogP contribution in [0.15, 0.2) is 28.7 Å². The molecule has 20 heavy (non-hydrogen) atoms. The number of fused-ring (bicyclic) bond motifs is 1. The van der Waals surface area contributed by atoms with Crippen molar-refractivity contribution < 1.29 is 12.8 Å². The molecule has 1 aromatic carbocycles. The predicted molar refractivity (Wildman–Crippen MR) is 78.0 cm³/mol. The molecule has 108 valence electrons. The second kappa shape index (κ2) is 5.04. The molecule has 1 aliphatic rings. The summed E-state index contributed by atoms with van der Waals surface area (Å²) in [4.78, 5) is 0. The van der Waals surface area contributed by atoms with Gasteiger partial charge in [-0.15, -0.1) is 0 Å². The van der Waals surface area contributed by atoms with E-state index in [1.807, 2.05) is 12.1 Å². The van der Waals surface area contributed by atoms with Crippen molar-refractivity contribution in [1.82, 2.24) is 5.43 Å². The van der Waals surface area contributed by atoms with Crippen molar-refractivity contribution in [2.45, 2.75) is 12.5 Å². The molecule has 3 N–H and O–H groups in total. The lowest BCUT2D eigenvalue weighted by Crippen LogP contribution is -2.33. The molecule has 1 saturated heterocycles. The Hall–Kier alpha value is -1.08. The van der Waals surface area contributed by atoms with Crippen LogP contribution in [0.1, 0.15) is 18.2 Å². The predicted octanol–water partition coefficient (Wildman–Crippen LogP) is 2.03. The van der Waals surface area contributed by atoms with Gasteiger partial charge in [0.1, 0.15) is 11.3 Å². The van der Waals surface area contributed by atoms with Crippen LogP contribution in [0.2, 0.25) is 5.02 Å². The van der Waals surface area contributed by atoms with Crippen LogP contribution in [0.3, 0.4) is 0 Å². The molecular weight excluding hydrogens is 300 g/mol. The fourth-order valence-electron chi connectivity index (χ4n) is 2.73. The SMILES string of the molecule is NNC(c1cc2cc(Cl)ccc2o1)C1CCS(=O)(=O)C1. The first-order valence-corrected chi connectivity index (χ1v) is 8.54. The van der Waals surface area contributed by atoms with E-state index in [1.54, 1.807) is 12.1 Å². The summed E-state index contributed by atoms with van der Waals surface area (Å²) in [5.41, 5.74) is 3.40. The van der Waals surface area contributed by atoms with Gasteiger partial charge in [-0.25, -0.2) is 13.8 Å². The quantitative estimate of drug-likeness (QED) is 0.669. The van der Waals surface area contributed by atoms with Gasteiger partial charge in [0.25, 0.3) is 0 Å². The van der Waals surface area contributed by atoms with Gasteiger partial charge in [-0.3, -0.25) is 5.84 Å². The van der Waals surface area contributed by atoms with Crippen LogP contribution in [0.25, 0.3) is 11.0 Å². The molecule has 5 nitrogen and oxygen atoms in total. The van der Waals surface area contributed by atoms with Crippen LogP contribution in [0, 0.1) is 5.92 Å². The van der Waals surface area contributed by atoms with Gasteiger partial charge in [0.05, 0.1) is 17.5 Å². The number of nitrogens with two attached hydrogens (primary N) is 1. The van der Waals surface area contributed by atoms with Crippen molar-refractivity contribution in [1.29, 1.82) is 0 Å². The maximum Gasteiger partial charge on any atom is 0.150 e. The number of sulfone groups is 1. The second-order valence-corrected chi connectivity index (χ2v) is 7.80. The van der Waals surface area contributed by atoms with Crippen molar-refractivity contribution in [2.75, 3.05) is 11.5 Å². The molecule has 2 unspecified atom stereocenters. The fourth-order valence-corrected chi connectivity index (χ4v) is 4.75. The molecule has 1 aliphatic heterocycles. The zero-order valence-corrected chi connectivity index (χ0v) is 12.2. The van der Waals surface area contributed by atoms with Gasteiger partial charge >= 0.3 is 0 Å².